The van der Waals surface area contributed by atoms with E-state index in [0.717, 1.165) is 6.54 Å². The van der Waals surface area contributed by atoms with Crippen molar-refractivity contribution in [1.82, 2.24) is 9.91 Å². The van der Waals surface area contributed by atoms with Gasteiger partial charge in [-0.15, -0.1) is 0 Å². The van der Waals surface area contributed by atoms with Crippen LogP contribution in [0, 0.1) is 30.6 Å². The van der Waals surface area contributed by atoms with Crippen LogP contribution in [0.5, 0.6) is 23.0 Å². The van der Waals surface area contributed by atoms with Crippen LogP contribution in [0.15, 0.2) is 71.6 Å². The molecular weight excluding hydrogens is 861 g/mol. The molecule has 16 heteroatoms. The number of hydrogen-bond donors (Lipinski definition) is 6. The molecule has 1 fully saturated rings. The summed E-state index contributed by atoms with van der Waals surface area (Å²) < 4.78 is 23.8. The number of phenols is 3. The van der Waals surface area contributed by atoms with Crippen molar-refractivity contribution in [3.8, 4) is 23.0 Å². The smallest absolute Gasteiger partial charge is 0.312 e. The molecule has 67 heavy (non-hydrogen) atoms. The number of hydrogen-bond acceptors (Lipinski definition) is 15. The molecule has 0 saturated carbocycles. The zero-order valence-electron chi connectivity index (χ0n) is 40.2. The van der Waals surface area contributed by atoms with E-state index in [2.05, 4.69) is 36.2 Å². The summed E-state index contributed by atoms with van der Waals surface area (Å²) in [5, 5.41) is 68.0. The minimum Gasteiger partial charge on any atom is -0.507 e. The number of fused-ring (bicyclic) bond motifs is 14. The molecule has 0 radical (unpaired) electrons. The van der Waals surface area contributed by atoms with Gasteiger partial charge in [-0.05, 0) is 39.3 Å². The molecule has 6 N–H and O–H groups in total. The van der Waals surface area contributed by atoms with Crippen LogP contribution >= 0.6 is 0 Å². The number of esters is 1. The number of aliphatic hydroxyl groups is 2. The fourth-order valence-corrected chi connectivity index (χ4v) is 9.54. The monoisotopic (exact) mass is 926 g/mol. The number of amides is 1. The average molecular weight is 927 g/mol. The summed E-state index contributed by atoms with van der Waals surface area (Å²) in [5.74, 6) is -8.45. The molecule has 0 aliphatic carbocycles. The van der Waals surface area contributed by atoms with Crippen LogP contribution in [0.4, 0.5) is 5.69 Å². The van der Waals surface area contributed by atoms with Crippen LogP contribution < -0.4 is 10.1 Å². The van der Waals surface area contributed by atoms with Gasteiger partial charge in [0.15, 0.2) is 5.75 Å². The van der Waals surface area contributed by atoms with E-state index in [4.69, 9.17) is 24.0 Å². The molecule has 3 aromatic carbocycles. The van der Waals surface area contributed by atoms with E-state index in [1.807, 2.05) is 23.2 Å². The summed E-state index contributed by atoms with van der Waals surface area (Å²) >= 11 is 0. The van der Waals surface area contributed by atoms with E-state index < -0.39 is 88.8 Å². The second-order valence-corrected chi connectivity index (χ2v) is 18.6. The number of nitrogens with one attached hydrogen (secondary N) is 1. The van der Waals surface area contributed by atoms with Crippen molar-refractivity contribution >= 4 is 40.3 Å². The van der Waals surface area contributed by atoms with Crippen molar-refractivity contribution in [2.24, 2.45) is 28.8 Å². The van der Waals surface area contributed by atoms with Gasteiger partial charge in [0.1, 0.15) is 23.4 Å². The maximum Gasteiger partial charge on any atom is 0.312 e. The first-order chi connectivity index (χ1) is 31.6. The molecule has 5 bridgehead atoms. The van der Waals surface area contributed by atoms with Gasteiger partial charge in [-0.1, -0.05) is 76.3 Å². The molecule has 11 atom stereocenters. The number of allylic oxidation sites excluding steroid dienone is 2. The number of phenolic OH excluding ortho intramolecular Hbond substituents is 3. The number of hydrazone groups is 1. The quantitative estimate of drug-likeness (QED) is 0.0658. The lowest BCUT2D eigenvalue weighted by Crippen LogP contribution is -2.54. The fraction of sp³-hybridized carbons (Fsp3) is 0.490. The van der Waals surface area contributed by atoms with Crippen molar-refractivity contribution < 1.29 is 58.9 Å². The highest BCUT2D eigenvalue weighted by Crippen LogP contribution is 2.55. The SMILES string of the molecule is COC1C=COC2(C)Oc3c(C)c(O)c4c(O)c(c(/C=N/N5CC(C)N(Cc6ccccc6)C(C)C5)c(O)c4c3C2=O)NC(=O)C(C)=CC=CC(C)C(O)C(C)C(O)C(C)C(OC(C)=O)C1C. The van der Waals surface area contributed by atoms with E-state index in [9.17, 15) is 39.9 Å². The first kappa shape index (κ1) is 50.5. The molecule has 4 heterocycles. The minimum atomic E-state index is -2.06. The number of methoxy groups -OCH3 is 1. The Morgan fingerprint density at radius 1 is 0.910 bits per heavy atom. The molecule has 11 unspecified atom stereocenters. The molecule has 1 saturated heterocycles. The number of aliphatic hydroxyl groups excluding tert-OH is 2. The van der Waals surface area contributed by atoms with Crippen molar-refractivity contribution in [3.63, 3.8) is 0 Å². The highest BCUT2D eigenvalue weighted by molar-refractivity contribution is 6.23. The highest BCUT2D eigenvalue weighted by atomic mass is 16.7. The Morgan fingerprint density at radius 3 is 2.19 bits per heavy atom. The molecule has 3 aromatic rings. The summed E-state index contributed by atoms with van der Waals surface area (Å²) in [6, 6.07) is 10.3. The number of Topliss-reactive ketones (excluding diaryl/α,β-unsaturated/α-hetero) is 1. The topological polar surface area (TPSA) is 220 Å². The summed E-state index contributed by atoms with van der Waals surface area (Å²) in [6.45, 7) is 18.5. The standard InChI is InChI=1S/C51H66N4O12/c1-26-16-15-17-27(2)50(63)53-41-36(22-52-54-23-28(3)55(29(4)24-54)25-35-18-13-12-14-19-35)45(60)38-39(46(41)61)44(59)33(8)48-40(38)49(62)51(10,67-48)65-21-20-37(64-11)30(5)47(66-34(9)56)32(7)43(58)31(6)42(26)57/h12-22,26,28-32,37,42-43,47,57-61H,23-25H2,1-11H3,(H,53,63)/b16-15?,21-20?,27-17?,52-22+. The van der Waals surface area contributed by atoms with Crippen molar-refractivity contribution in [2.75, 3.05) is 25.5 Å². The number of piperazine rings is 1. The lowest BCUT2D eigenvalue weighted by atomic mass is 9.78. The number of carbonyl (C=O) groups is 3. The number of carbonyl (C=O) groups excluding carboxylic acids is 3. The van der Waals surface area contributed by atoms with Crippen LogP contribution in [0.2, 0.25) is 0 Å². The first-order valence-corrected chi connectivity index (χ1v) is 22.8. The lowest BCUT2D eigenvalue weighted by molar-refractivity contribution is -0.160. The first-order valence-electron chi connectivity index (χ1n) is 22.8. The number of ether oxygens (including phenoxy) is 4. The van der Waals surface area contributed by atoms with Gasteiger partial charge in [0.2, 0.25) is 0 Å². The fourth-order valence-electron chi connectivity index (χ4n) is 9.54. The van der Waals surface area contributed by atoms with Crippen LogP contribution in [-0.2, 0) is 30.3 Å². The number of aromatic hydroxyl groups is 3. The van der Waals surface area contributed by atoms with E-state index in [-0.39, 0.29) is 56.6 Å². The second kappa shape index (κ2) is 20.5. The Bertz CT molecular complexity index is 2460. The largest absolute Gasteiger partial charge is 0.507 e. The Kier molecular flexibility index (Phi) is 15.5. The van der Waals surface area contributed by atoms with Gasteiger partial charge in [-0.3, -0.25) is 24.3 Å². The van der Waals surface area contributed by atoms with Gasteiger partial charge in [-0.25, -0.2) is 0 Å². The van der Waals surface area contributed by atoms with Crippen LogP contribution in [-0.4, -0.2) is 122 Å². The maximum atomic E-state index is 14.6. The van der Waals surface area contributed by atoms with Crippen molar-refractivity contribution in [1.29, 1.82) is 0 Å². The summed E-state index contributed by atoms with van der Waals surface area (Å²) in [4.78, 5) is 43.4. The Hall–Kier alpha value is -5.94. The van der Waals surface area contributed by atoms with Gasteiger partial charge < -0.3 is 49.8 Å². The van der Waals surface area contributed by atoms with E-state index in [1.54, 1.807) is 39.8 Å². The molecular formula is C51H66N4O12. The van der Waals surface area contributed by atoms with E-state index in [1.165, 1.54) is 65.0 Å². The minimum absolute atomic E-state index is 0.0503. The van der Waals surface area contributed by atoms with Crippen LogP contribution in [0.1, 0.15) is 89.4 Å². The van der Waals surface area contributed by atoms with Crippen molar-refractivity contribution in [2.45, 2.75) is 118 Å². The average Bonchev–Trinajstić information content (AvgIpc) is 3.55. The van der Waals surface area contributed by atoms with Crippen LogP contribution in [0.25, 0.3) is 10.8 Å². The molecule has 7 rings (SSSR count). The third kappa shape index (κ3) is 10.2. The third-order valence-corrected chi connectivity index (χ3v) is 13.7. The number of nitrogens with zero attached hydrogens (tertiary/aromatic N) is 3. The van der Waals surface area contributed by atoms with Gasteiger partial charge in [-0.2, -0.15) is 5.10 Å². The van der Waals surface area contributed by atoms with Gasteiger partial charge in [0.25, 0.3) is 11.7 Å². The Morgan fingerprint density at radius 2 is 1.57 bits per heavy atom. The van der Waals surface area contributed by atoms with E-state index in [0.29, 0.717) is 13.1 Å². The lowest BCUT2D eigenvalue weighted by Gasteiger charge is -2.43. The molecule has 4 aliphatic heterocycles. The Balaban J connectivity index is 1.48. The predicted octanol–water partition coefficient (Wildman–Crippen LogP) is 6.68. The zero-order chi connectivity index (χ0) is 49.2. The molecule has 4 aliphatic rings. The number of benzene rings is 3. The third-order valence-electron chi connectivity index (χ3n) is 13.7. The summed E-state index contributed by atoms with van der Waals surface area (Å²) in [7, 11) is 1.44. The van der Waals surface area contributed by atoms with Crippen LogP contribution in [0.3, 0.4) is 0 Å². The molecule has 16 nitrogen and oxygen atoms in total. The number of ketones is 1. The maximum absolute atomic E-state index is 14.6. The number of anilines is 1. The Labute approximate surface area is 392 Å². The zero-order valence-corrected chi connectivity index (χ0v) is 40.2. The molecule has 0 spiro atoms. The van der Waals surface area contributed by atoms with Gasteiger partial charge in [0.05, 0.1) is 66.1 Å². The van der Waals surface area contributed by atoms with Gasteiger partial charge in [0, 0.05) is 79.8 Å². The molecule has 362 valence electrons. The number of rotatable bonds is 6. The molecule has 0 aromatic heterocycles. The van der Waals surface area contributed by atoms with Crippen molar-refractivity contribution in [3.05, 3.63) is 88.7 Å². The summed E-state index contributed by atoms with van der Waals surface area (Å²) in [5.41, 5.74) is 0.787. The highest BCUT2D eigenvalue weighted by Gasteiger charge is 2.50. The van der Waals surface area contributed by atoms with Gasteiger partial charge >= 0.3 is 11.8 Å². The molecule has 1 amide bonds. The predicted molar refractivity (Wildman–Crippen MR) is 254 cm³/mol. The second-order valence-electron chi connectivity index (χ2n) is 18.6. The van der Waals surface area contributed by atoms with E-state index >= 15 is 0 Å². The normalized spacial score (nSPS) is 30.1. The summed E-state index contributed by atoms with van der Waals surface area (Å²) in [6.07, 6.45) is 4.88.